The van der Waals surface area contributed by atoms with E-state index in [9.17, 15) is 0 Å². The van der Waals surface area contributed by atoms with Crippen LogP contribution in [0.5, 0.6) is 0 Å². The number of anilines is 1. The fraction of sp³-hybridized carbons (Fsp3) is 0.818. The van der Waals surface area contributed by atoms with Crippen LogP contribution in [-0.2, 0) is 0 Å². The zero-order chi connectivity index (χ0) is 10.5. The molecule has 0 radical (unpaired) electrons. The van der Waals surface area contributed by atoms with Gasteiger partial charge in [-0.3, -0.25) is 0 Å². The third-order valence-corrected chi connectivity index (χ3v) is 3.85. The molecule has 1 fully saturated rings. The molecular formula is C11H19N3S. The summed E-state index contributed by atoms with van der Waals surface area (Å²) in [6.07, 6.45) is 9.96. The maximum absolute atomic E-state index is 3.86. The van der Waals surface area contributed by atoms with Crippen molar-refractivity contribution in [3.63, 3.8) is 0 Å². The molecule has 0 aromatic carbocycles. The minimum atomic E-state index is 0.653. The van der Waals surface area contributed by atoms with Crippen molar-refractivity contribution in [1.29, 1.82) is 0 Å². The molecule has 0 atom stereocenters. The molecule has 0 saturated heterocycles. The molecule has 0 aliphatic heterocycles. The van der Waals surface area contributed by atoms with Crippen LogP contribution in [0.4, 0.5) is 5.00 Å². The fourth-order valence-corrected chi connectivity index (χ4v) is 2.93. The van der Waals surface area contributed by atoms with E-state index in [0.717, 1.165) is 10.9 Å². The van der Waals surface area contributed by atoms with Gasteiger partial charge in [-0.15, -0.1) is 5.10 Å². The molecular weight excluding hydrogens is 206 g/mol. The Morgan fingerprint density at radius 2 is 2.20 bits per heavy atom. The lowest BCUT2D eigenvalue weighted by Crippen LogP contribution is -2.25. The van der Waals surface area contributed by atoms with E-state index < -0.39 is 0 Å². The normalized spacial score (nSPS) is 26.5. The third kappa shape index (κ3) is 3.16. The monoisotopic (exact) mass is 225 g/mol. The van der Waals surface area contributed by atoms with Crippen molar-refractivity contribution in [3.8, 4) is 0 Å². The highest BCUT2D eigenvalue weighted by Gasteiger charge is 2.20. The van der Waals surface area contributed by atoms with Crippen LogP contribution in [0, 0.1) is 5.92 Å². The summed E-state index contributed by atoms with van der Waals surface area (Å²) in [7, 11) is 0. The van der Waals surface area contributed by atoms with Gasteiger partial charge in [0.2, 0.25) is 0 Å². The van der Waals surface area contributed by atoms with E-state index in [1.807, 2.05) is 6.20 Å². The highest BCUT2D eigenvalue weighted by Crippen LogP contribution is 2.29. The molecule has 1 heterocycles. The molecule has 1 aliphatic carbocycles. The topological polar surface area (TPSA) is 37.8 Å². The number of rotatable bonds is 4. The van der Waals surface area contributed by atoms with Crippen LogP contribution in [-0.4, -0.2) is 15.6 Å². The van der Waals surface area contributed by atoms with Gasteiger partial charge in [0.1, 0.15) is 5.00 Å². The average molecular weight is 225 g/mol. The maximum atomic E-state index is 3.86. The van der Waals surface area contributed by atoms with Gasteiger partial charge in [0, 0.05) is 17.6 Å². The quantitative estimate of drug-likeness (QED) is 0.854. The Hall–Kier alpha value is -0.640. The first kappa shape index (κ1) is 10.9. The summed E-state index contributed by atoms with van der Waals surface area (Å²) >= 11 is 1.46. The second kappa shape index (κ2) is 5.45. The Bertz CT molecular complexity index is 265. The minimum Gasteiger partial charge on any atom is -0.372 e. The van der Waals surface area contributed by atoms with Crippen molar-refractivity contribution in [1.82, 2.24) is 9.59 Å². The summed E-state index contributed by atoms with van der Waals surface area (Å²) in [5, 5.41) is 8.47. The van der Waals surface area contributed by atoms with Gasteiger partial charge >= 0.3 is 0 Å². The van der Waals surface area contributed by atoms with Crippen molar-refractivity contribution in [2.45, 2.75) is 51.5 Å². The lowest BCUT2D eigenvalue weighted by atomic mass is 9.83. The van der Waals surface area contributed by atoms with Gasteiger partial charge in [-0.1, -0.05) is 24.3 Å². The third-order valence-electron chi connectivity index (χ3n) is 3.25. The van der Waals surface area contributed by atoms with Crippen LogP contribution in [0.3, 0.4) is 0 Å². The Kier molecular flexibility index (Phi) is 3.94. The van der Waals surface area contributed by atoms with E-state index in [4.69, 9.17) is 0 Å². The minimum absolute atomic E-state index is 0.653. The number of hydrogen-bond acceptors (Lipinski definition) is 4. The molecule has 0 amide bonds. The number of hydrogen-bond donors (Lipinski definition) is 1. The highest BCUT2D eigenvalue weighted by molar-refractivity contribution is 7.09. The van der Waals surface area contributed by atoms with Crippen LogP contribution < -0.4 is 5.32 Å². The van der Waals surface area contributed by atoms with E-state index in [-0.39, 0.29) is 0 Å². The molecule has 15 heavy (non-hydrogen) atoms. The molecule has 1 aromatic heterocycles. The zero-order valence-corrected chi connectivity index (χ0v) is 10.1. The van der Waals surface area contributed by atoms with Crippen LogP contribution in [0.2, 0.25) is 0 Å². The zero-order valence-electron chi connectivity index (χ0n) is 9.28. The summed E-state index contributed by atoms with van der Waals surface area (Å²) in [6, 6.07) is 0.653. The van der Waals surface area contributed by atoms with Crippen LogP contribution in [0.25, 0.3) is 0 Å². The predicted octanol–water partition coefficient (Wildman–Crippen LogP) is 3.31. The molecule has 0 unspecified atom stereocenters. The Balaban J connectivity index is 1.74. The number of aromatic nitrogens is 2. The average Bonchev–Trinajstić information content (AvgIpc) is 2.74. The molecule has 3 nitrogen and oxygen atoms in total. The Morgan fingerprint density at radius 3 is 2.80 bits per heavy atom. The second-order valence-electron chi connectivity index (χ2n) is 4.43. The molecule has 1 N–H and O–H groups in total. The SMILES string of the molecule is CCCC1CCC(Nc2cnns2)CC1. The van der Waals surface area contributed by atoms with E-state index in [1.165, 1.54) is 50.1 Å². The van der Waals surface area contributed by atoms with E-state index in [0.29, 0.717) is 6.04 Å². The lowest BCUT2D eigenvalue weighted by molar-refractivity contribution is 0.319. The fourth-order valence-electron chi connectivity index (χ4n) is 2.44. The van der Waals surface area contributed by atoms with Crippen molar-refractivity contribution in [3.05, 3.63) is 6.20 Å². The summed E-state index contributed by atoms with van der Waals surface area (Å²) in [5.41, 5.74) is 0. The number of nitrogens with zero attached hydrogens (tertiary/aromatic N) is 2. The van der Waals surface area contributed by atoms with Crippen LogP contribution in [0.1, 0.15) is 45.4 Å². The maximum Gasteiger partial charge on any atom is 0.130 e. The highest BCUT2D eigenvalue weighted by atomic mass is 32.1. The van der Waals surface area contributed by atoms with E-state index >= 15 is 0 Å². The van der Waals surface area contributed by atoms with Crippen LogP contribution >= 0.6 is 11.5 Å². The van der Waals surface area contributed by atoms with Gasteiger partial charge in [-0.05, 0) is 31.6 Å². The van der Waals surface area contributed by atoms with Crippen molar-refractivity contribution < 1.29 is 0 Å². The predicted molar refractivity (Wildman–Crippen MR) is 64.2 cm³/mol. The molecule has 1 aliphatic rings. The number of nitrogens with one attached hydrogen (secondary N) is 1. The first-order valence-corrected chi connectivity index (χ1v) is 6.69. The van der Waals surface area contributed by atoms with Gasteiger partial charge in [0.15, 0.2) is 0 Å². The van der Waals surface area contributed by atoms with Gasteiger partial charge in [0.05, 0.1) is 6.20 Å². The molecule has 1 aromatic rings. The second-order valence-corrected chi connectivity index (χ2v) is 5.22. The van der Waals surface area contributed by atoms with Gasteiger partial charge in [0.25, 0.3) is 0 Å². The van der Waals surface area contributed by atoms with Crippen molar-refractivity contribution >= 4 is 16.5 Å². The van der Waals surface area contributed by atoms with Crippen LogP contribution in [0.15, 0.2) is 6.20 Å². The van der Waals surface area contributed by atoms with Crippen molar-refractivity contribution in [2.75, 3.05) is 5.32 Å². The van der Waals surface area contributed by atoms with Gasteiger partial charge < -0.3 is 5.32 Å². The van der Waals surface area contributed by atoms with E-state index in [2.05, 4.69) is 21.8 Å². The summed E-state index contributed by atoms with van der Waals surface area (Å²) in [4.78, 5) is 0. The molecule has 0 spiro atoms. The van der Waals surface area contributed by atoms with Gasteiger partial charge in [-0.2, -0.15) is 0 Å². The molecule has 0 bridgehead atoms. The summed E-state index contributed by atoms with van der Waals surface area (Å²) in [5.74, 6) is 0.979. The van der Waals surface area contributed by atoms with Gasteiger partial charge in [-0.25, -0.2) is 0 Å². The Labute approximate surface area is 95.4 Å². The summed E-state index contributed by atoms with van der Waals surface area (Å²) in [6.45, 7) is 2.29. The standard InChI is InChI=1S/C11H19N3S/c1-2-3-9-4-6-10(7-5-9)13-11-8-12-14-15-11/h8-10,13H,2-7H2,1H3. The lowest BCUT2D eigenvalue weighted by Gasteiger charge is -2.28. The molecule has 4 heteroatoms. The molecule has 1 saturated carbocycles. The van der Waals surface area contributed by atoms with Crippen molar-refractivity contribution in [2.24, 2.45) is 5.92 Å². The first-order chi connectivity index (χ1) is 7.38. The first-order valence-electron chi connectivity index (χ1n) is 5.92. The molecule has 84 valence electrons. The summed E-state index contributed by atoms with van der Waals surface area (Å²) < 4.78 is 3.86. The van der Waals surface area contributed by atoms with E-state index in [1.54, 1.807) is 0 Å². The molecule has 2 rings (SSSR count). The Morgan fingerprint density at radius 1 is 1.40 bits per heavy atom. The largest absolute Gasteiger partial charge is 0.372 e. The smallest absolute Gasteiger partial charge is 0.130 e.